The molecule has 4 heteroatoms. The van der Waals surface area contributed by atoms with Gasteiger partial charge in [-0.25, -0.2) is 0 Å². The van der Waals surface area contributed by atoms with Crippen LogP contribution >= 0.6 is 0 Å². The Bertz CT molecular complexity index is 421. The van der Waals surface area contributed by atoms with E-state index in [2.05, 4.69) is 5.32 Å². The average molecular weight is 220 g/mol. The highest BCUT2D eigenvalue weighted by Crippen LogP contribution is 2.27. The second kappa shape index (κ2) is 5.30. The molecular formula is C12H16N2O2. The van der Waals surface area contributed by atoms with E-state index in [0.29, 0.717) is 12.2 Å². The molecule has 0 aliphatic carbocycles. The number of aryl methyl sites for hydroxylation is 1. The lowest BCUT2D eigenvalue weighted by Gasteiger charge is -2.07. The Morgan fingerprint density at radius 3 is 2.75 bits per heavy atom. The molecule has 1 aromatic rings. The Labute approximate surface area is 95.1 Å². The maximum absolute atomic E-state index is 10.8. The number of anilines is 1. The lowest BCUT2D eigenvalue weighted by molar-refractivity contribution is -0.384. The second-order valence-electron chi connectivity index (χ2n) is 3.89. The van der Waals surface area contributed by atoms with E-state index >= 15 is 0 Å². The van der Waals surface area contributed by atoms with Crippen LogP contribution < -0.4 is 5.32 Å². The lowest BCUT2D eigenvalue weighted by atomic mass is 10.1. The third-order valence-corrected chi connectivity index (χ3v) is 2.24. The van der Waals surface area contributed by atoms with E-state index in [1.807, 2.05) is 32.9 Å². The maximum Gasteiger partial charge on any atom is 0.292 e. The van der Waals surface area contributed by atoms with Crippen LogP contribution in [0.4, 0.5) is 11.4 Å². The fraction of sp³-hybridized carbons (Fsp3) is 0.333. The van der Waals surface area contributed by atoms with Crippen molar-refractivity contribution in [3.63, 3.8) is 0 Å². The van der Waals surface area contributed by atoms with E-state index < -0.39 is 0 Å². The van der Waals surface area contributed by atoms with Crippen molar-refractivity contribution in [2.45, 2.75) is 20.8 Å². The number of allylic oxidation sites excluding steroid dienone is 1. The number of nitro benzene ring substituents is 1. The Balaban J connectivity index is 2.93. The molecular weight excluding hydrogens is 204 g/mol. The Morgan fingerprint density at radius 1 is 1.50 bits per heavy atom. The summed E-state index contributed by atoms with van der Waals surface area (Å²) < 4.78 is 0. The number of hydrogen-bond donors (Lipinski definition) is 1. The zero-order valence-electron chi connectivity index (χ0n) is 9.78. The van der Waals surface area contributed by atoms with E-state index in [9.17, 15) is 10.1 Å². The van der Waals surface area contributed by atoms with Crippen LogP contribution in [0.15, 0.2) is 29.8 Å². The summed E-state index contributed by atoms with van der Waals surface area (Å²) in [6, 6.07) is 5.06. The summed E-state index contributed by atoms with van der Waals surface area (Å²) in [6.45, 7) is 6.45. The summed E-state index contributed by atoms with van der Waals surface area (Å²) in [6.07, 6.45) is 2.00. The van der Waals surface area contributed by atoms with Gasteiger partial charge in [0.25, 0.3) is 5.69 Å². The van der Waals surface area contributed by atoms with Gasteiger partial charge in [-0.15, -0.1) is 0 Å². The second-order valence-corrected chi connectivity index (χ2v) is 3.89. The number of hydrogen-bond acceptors (Lipinski definition) is 3. The van der Waals surface area contributed by atoms with E-state index in [-0.39, 0.29) is 10.6 Å². The summed E-state index contributed by atoms with van der Waals surface area (Å²) in [5.41, 5.74) is 2.80. The molecule has 0 fully saturated rings. The van der Waals surface area contributed by atoms with E-state index in [0.717, 1.165) is 5.56 Å². The summed E-state index contributed by atoms with van der Waals surface area (Å²) in [5.74, 6) is 0. The molecule has 86 valence electrons. The number of benzene rings is 1. The Kier molecular flexibility index (Phi) is 4.05. The fourth-order valence-electron chi connectivity index (χ4n) is 1.39. The predicted molar refractivity (Wildman–Crippen MR) is 65.8 cm³/mol. The van der Waals surface area contributed by atoms with Gasteiger partial charge in [0, 0.05) is 12.6 Å². The van der Waals surface area contributed by atoms with Gasteiger partial charge < -0.3 is 5.32 Å². The largest absolute Gasteiger partial charge is 0.376 e. The van der Waals surface area contributed by atoms with E-state index in [4.69, 9.17) is 0 Å². The third kappa shape index (κ3) is 3.08. The van der Waals surface area contributed by atoms with Gasteiger partial charge in [0.15, 0.2) is 0 Å². The Morgan fingerprint density at radius 2 is 2.19 bits per heavy atom. The smallest absolute Gasteiger partial charge is 0.292 e. The maximum atomic E-state index is 10.8. The van der Waals surface area contributed by atoms with Crippen LogP contribution in [-0.4, -0.2) is 11.5 Å². The minimum absolute atomic E-state index is 0.127. The molecule has 0 atom stereocenters. The summed E-state index contributed by atoms with van der Waals surface area (Å²) in [4.78, 5) is 10.5. The van der Waals surface area contributed by atoms with Crippen LogP contribution in [0.5, 0.6) is 0 Å². The molecule has 4 nitrogen and oxygen atoms in total. The first-order valence-corrected chi connectivity index (χ1v) is 5.13. The highest BCUT2D eigenvalue weighted by Gasteiger charge is 2.13. The van der Waals surface area contributed by atoms with Crippen molar-refractivity contribution < 1.29 is 4.92 Å². The van der Waals surface area contributed by atoms with Gasteiger partial charge in [0.05, 0.1) is 4.92 Å². The zero-order valence-corrected chi connectivity index (χ0v) is 9.78. The molecule has 1 rings (SSSR count). The topological polar surface area (TPSA) is 55.2 Å². The average Bonchev–Trinajstić information content (AvgIpc) is 2.19. The molecule has 0 unspecified atom stereocenters. The third-order valence-electron chi connectivity index (χ3n) is 2.24. The lowest BCUT2D eigenvalue weighted by Crippen LogP contribution is -2.04. The van der Waals surface area contributed by atoms with E-state index in [1.54, 1.807) is 6.07 Å². The first kappa shape index (κ1) is 12.2. The van der Waals surface area contributed by atoms with Crippen molar-refractivity contribution >= 4 is 11.4 Å². The standard InChI is InChI=1S/C12H16N2O2/c1-9(2)7-8-13-12-10(3)5-4-6-11(12)14(15)16/h4-7,13H,8H2,1-3H3. The van der Waals surface area contributed by atoms with Gasteiger partial charge in [-0.05, 0) is 26.3 Å². The van der Waals surface area contributed by atoms with Gasteiger partial charge in [-0.2, -0.15) is 0 Å². The van der Waals surface area contributed by atoms with E-state index in [1.165, 1.54) is 11.6 Å². The molecule has 0 bridgehead atoms. The molecule has 0 spiro atoms. The molecule has 1 N–H and O–H groups in total. The van der Waals surface area contributed by atoms with Crippen LogP contribution in [0.3, 0.4) is 0 Å². The predicted octanol–water partition coefficient (Wildman–Crippen LogP) is 3.28. The highest BCUT2D eigenvalue weighted by molar-refractivity contribution is 5.66. The van der Waals surface area contributed by atoms with Gasteiger partial charge in [0.2, 0.25) is 0 Å². The monoisotopic (exact) mass is 220 g/mol. The van der Waals surface area contributed by atoms with Crippen LogP contribution in [0.1, 0.15) is 19.4 Å². The van der Waals surface area contributed by atoms with Gasteiger partial charge in [0.1, 0.15) is 5.69 Å². The van der Waals surface area contributed by atoms with Gasteiger partial charge >= 0.3 is 0 Å². The van der Waals surface area contributed by atoms with Crippen LogP contribution in [0, 0.1) is 17.0 Å². The first-order chi connectivity index (χ1) is 7.52. The van der Waals surface area contributed by atoms with Crippen molar-refractivity contribution in [2.75, 3.05) is 11.9 Å². The van der Waals surface area contributed by atoms with Gasteiger partial charge in [-0.3, -0.25) is 10.1 Å². The number of rotatable bonds is 4. The summed E-state index contributed by atoms with van der Waals surface area (Å²) in [5, 5.41) is 13.9. The normalized spacial score (nSPS) is 9.69. The molecule has 0 aromatic heterocycles. The molecule has 16 heavy (non-hydrogen) atoms. The van der Waals surface area contributed by atoms with Crippen molar-refractivity contribution in [3.8, 4) is 0 Å². The number of nitrogens with one attached hydrogen (secondary N) is 1. The Hall–Kier alpha value is -1.84. The number of nitrogens with zero attached hydrogens (tertiary/aromatic N) is 1. The number of nitro groups is 1. The van der Waals surface area contributed by atoms with Crippen molar-refractivity contribution in [3.05, 3.63) is 45.5 Å². The summed E-state index contributed by atoms with van der Waals surface area (Å²) in [7, 11) is 0. The molecule has 0 saturated carbocycles. The molecule has 0 aliphatic heterocycles. The minimum atomic E-state index is -0.363. The quantitative estimate of drug-likeness (QED) is 0.481. The minimum Gasteiger partial charge on any atom is -0.376 e. The molecule has 0 amide bonds. The van der Waals surface area contributed by atoms with Crippen molar-refractivity contribution in [1.29, 1.82) is 0 Å². The highest BCUT2D eigenvalue weighted by atomic mass is 16.6. The van der Waals surface area contributed by atoms with Crippen LogP contribution in [0.25, 0.3) is 0 Å². The van der Waals surface area contributed by atoms with Crippen LogP contribution in [0.2, 0.25) is 0 Å². The van der Waals surface area contributed by atoms with Gasteiger partial charge in [-0.1, -0.05) is 23.8 Å². The zero-order chi connectivity index (χ0) is 12.1. The van der Waals surface area contributed by atoms with Crippen LogP contribution in [-0.2, 0) is 0 Å². The van der Waals surface area contributed by atoms with Crippen molar-refractivity contribution in [2.24, 2.45) is 0 Å². The van der Waals surface area contributed by atoms with Crippen molar-refractivity contribution in [1.82, 2.24) is 0 Å². The molecule has 1 aromatic carbocycles. The SMILES string of the molecule is CC(C)=CCNc1c(C)cccc1[N+](=O)[O-]. The number of para-hydroxylation sites is 1. The molecule has 0 radical (unpaired) electrons. The molecule has 0 saturated heterocycles. The fourth-order valence-corrected chi connectivity index (χ4v) is 1.39. The molecule has 0 heterocycles. The summed E-state index contributed by atoms with van der Waals surface area (Å²) >= 11 is 0. The first-order valence-electron chi connectivity index (χ1n) is 5.13. The molecule has 0 aliphatic rings.